The van der Waals surface area contributed by atoms with Gasteiger partial charge in [0.1, 0.15) is 11.6 Å². The highest BCUT2D eigenvalue weighted by Gasteiger charge is 2.14. The van der Waals surface area contributed by atoms with E-state index in [1.54, 1.807) is 6.07 Å². The molecule has 0 aliphatic rings. The molecular weight excluding hydrogens is 251 g/mol. The first-order valence-electron chi connectivity index (χ1n) is 5.65. The minimum absolute atomic E-state index is 0.249. The molecule has 1 heterocycles. The largest absolute Gasteiger partial charge is 0.436 e. The molecule has 0 saturated heterocycles. The van der Waals surface area contributed by atoms with Crippen LogP contribution in [0.3, 0.4) is 0 Å². The minimum Gasteiger partial charge on any atom is -0.436 e. The van der Waals surface area contributed by atoms with E-state index in [0.717, 1.165) is 17.0 Å². The van der Waals surface area contributed by atoms with Gasteiger partial charge in [0.2, 0.25) is 0 Å². The van der Waals surface area contributed by atoms with Gasteiger partial charge in [-0.2, -0.15) is 0 Å². The van der Waals surface area contributed by atoms with E-state index in [9.17, 15) is 4.39 Å². The zero-order chi connectivity index (χ0) is 13.1. The Labute approximate surface area is 110 Å². The van der Waals surface area contributed by atoms with Crippen LogP contribution in [0.15, 0.2) is 32.7 Å². The van der Waals surface area contributed by atoms with E-state index in [-0.39, 0.29) is 5.82 Å². The fourth-order valence-electron chi connectivity index (χ4n) is 1.57. The van der Waals surface area contributed by atoms with Crippen LogP contribution >= 0.6 is 11.8 Å². The Bertz CT molecular complexity index is 534. The molecule has 0 spiro atoms. The average molecular weight is 266 g/mol. The molecule has 1 aromatic heterocycles. The molecule has 0 unspecified atom stereocenters. The normalized spacial score (nSPS) is 10.9. The first-order chi connectivity index (χ1) is 8.61. The lowest BCUT2D eigenvalue weighted by atomic mass is 10.2. The SMILES string of the molecule is CNCc1cccc(F)c1Sc1nc(C)c(C)o1. The Morgan fingerprint density at radius 1 is 1.39 bits per heavy atom. The van der Waals surface area contributed by atoms with Crippen LogP contribution in [-0.2, 0) is 6.54 Å². The number of rotatable bonds is 4. The summed E-state index contributed by atoms with van der Waals surface area (Å²) in [5.74, 6) is 0.519. The molecule has 0 amide bonds. The fraction of sp³-hybridized carbons (Fsp3) is 0.308. The van der Waals surface area contributed by atoms with Gasteiger partial charge < -0.3 is 9.73 Å². The van der Waals surface area contributed by atoms with Gasteiger partial charge in [-0.25, -0.2) is 9.37 Å². The molecule has 18 heavy (non-hydrogen) atoms. The van der Waals surface area contributed by atoms with Crippen molar-refractivity contribution in [3.63, 3.8) is 0 Å². The highest BCUT2D eigenvalue weighted by atomic mass is 32.2. The zero-order valence-electron chi connectivity index (χ0n) is 10.6. The summed E-state index contributed by atoms with van der Waals surface area (Å²) >= 11 is 1.22. The van der Waals surface area contributed by atoms with Crippen molar-refractivity contribution in [2.45, 2.75) is 30.5 Å². The van der Waals surface area contributed by atoms with Gasteiger partial charge in [0.15, 0.2) is 0 Å². The maximum Gasteiger partial charge on any atom is 0.261 e. The zero-order valence-corrected chi connectivity index (χ0v) is 11.4. The predicted octanol–water partition coefficient (Wildman–Crippen LogP) is 3.30. The second kappa shape index (κ2) is 5.54. The van der Waals surface area contributed by atoms with Gasteiger partial charge in [-0.3, -0.25) is 0 Å². The molecule has 1 N–H and O–H groups in total. The Balaban J connectivity index is 2.32. The monoisotopic (exact) mass is 266 g/mol. The van der Waals surface area contributed by atoms with Gasteiger partial charge >= 0.3 is 0 Å². The quantitative estimate of drug-likeness (QED) is 0.921. The Morgan fingerprint density at radius 2 is 2.17 bits per heavy atom. The van der Waals surface area contributed by atoms with Gasteiger partial charge in [-0.1, -0.05) is 12.1 Å². The van der Waals surface area contributed by atoms with Crippen LogP contribution in [0.25, 0.3) is 0 Å². The van der Waals surface area contributed by atoms with E-state index in [1.165, 1.54) is 17.8 Å². The van der Waals surface area contributed by atoms with Gasteiger partial charge in [-0.05, 0) is 44.3 Å². The Hall–Kier alpha value is -1.33. The average Bonchev–Trinajstić information content (AvgIpc) is 2.63. The third kappa shape index (κ3) is 2.73. The van der Waals surface area contributed by atoms with E-state index in [0.29, 0.717) is 16.7 Å². The maximum absolute atomic E-state index is 13.8. The molecule has 0 aliphatic heterocycles. The number of aromatic nitrogens is 1. The van der Waals surface area contributed by atoms with E-state index in [4.69, 9.17) is 4.42 Å². The van der Waals surface area contributed by atoms with Crippen LogP contribution in [0.1, 0.15) is 17.0 Å². The number of benzene rings is 1. The van der Waals surface area contributed by atoms with Crippen molar-refractivity contribution in [2.75, 3.05) is 7.05 Å². The molecule has 0 fully saturated rings. The van der Waals surface area contributed by atoms with Crippen LogP contribution in [-0.4, -0.2) is 12.0 Å². The number of oxazole rings is 1. The third-order valence-corrected chi connectivity index (χ3v) is 3.62. The number of aryl methyl sites for hydroxylation is 2. The summed E-state index contributed by atoms with van der Waals surface area (Å²) < 4.78 is 19.3. The lowest BCUT2D eigenvalue weighted by molar-refractivity contribution is 0.430. The van der Waals surface area contributed by atoms with Crippen molar-refractivity contribution in [1.82, 2.24) is 10.3 Å². The summed E-state index contributed by atoms with van der Waals surface area (Å²) in [4.78, 5) is 4.82. The second-order valence-electron chi connectivity index (χ2n) is 3.98. The molecule has 0 radical (unpaired) electrons. The van der Waals surface area contributed by atoms with Crippen LogP contribution in [0.2, 0.25) is 0 Å². The molecule has 3 nitrogen and oxygen atoms in total. The summed E-state index contributed by atoms with van der Waals surface area (Å²) in [6, 6.07) is 5.05. The van der Waals surface area contributed by atoms with Crippen LogP contribution < -0.4 is 5.32 Å². The van der Waals surface area contributed by atoms with Crippen molar-refractivity contribution in [1.29, 1.82) is 0 Å². The molecular formula is C13H15FN2OS. The van der Waals surface area contributed by atoms with E-state index in [2.05, 4.69) is 10.3 Å². The summed E-state index contributed by atoms with van der Waals surface area (Å²) in [6.45, 7) is 4.33. The smallest absolute Gasteiger partial charge is 0.261 e. The molecule has 0 saturated carbocycles. The lowest BCUT2D eigenvalue weighted by Crippen LogP contribution is -2.06. The Morgan fingerprint density at radius 3 is 2.78 bits per heavy atom. The van der Waals surface area contributed by atoms with E-state index >= 15 is 0 Å². The standard InChI is InChI=1S/C13H15FN2OS/c1-8-9(2)17-13(16-8)18-12-10(7-15-3)5-4-6-11(12)14/h4-6,15H,7H2,1-3H3. The highest BCUT2D eigenvalue weighted by molar-refractivity contribution is 7.99. The summed E-state index contributed by atoms with van der Waals surface area (Å²) in [5, 5.41) is 3.50. The van der Waals surface area contributed by atoms with E-state index in [1.807, 2.05) is 27.0 Å². The number of hydrogen-bond acceptors (Lipinski definition) is 4. The molecule has 2 aromatic rings. The third-order valence-electron chi connectivity index (χ3n) is 2.61. The second-order valence-corrected chi connectivity index (χ2v) is 4.94. The fourth-order valence-corrected chi connectivity index (χ4v) is 2.53. The molecule has 2 rings (SSSR count). The number of nitrogens with zero attached hydrogens (tertiary/aromatic N) is 1. The van der Waals surface area contributed by atoms with Crippen LogP contribution in [0.5, 0.6) is 0 Å². The molecule has 0 atom stereocenters. The van der Waals surface area contributed by atoms with Crippen LogP contribution in [0.4, 0.5) is 4.39 Å². The van der Waals surface area contributed by atoms with Gasteiger partial charge in [0, 0.05) is 6.54 Å². The summed E-state index contributed by atoms with van der Waals surface area (Å²) in [5.41, 5.74) is 1.74. The molecule has 0 aliphatic carbocycles. The first-order valence-corrected chi connectivity index (χ1v) is 6.47. The van der Waals surface area contributed by atoms with Crippen molar-refractivity contribution >= 4 is 11.8 Å². The highest BCUT2D eigenvalue weighted by Crippen LogP contribution is 2.33. The molecule has 96 valence electrons. The van der Waals surface area contributed by atoms with Crippen molar-refractivity contribution in [3.05, 3.63) is 41.0 Å². The Kier molecular flexibility index (Phi) is 4.04. The van der Waals surface area contributed by atoms with Crippen molar-refractivity contribution < 1.29 is 8.81 Å². The van der Waals surface area contributed by atoms with Gasteiger partial charge in [0.05, 0.1) is 10.6 Å². The summed E-state index contributed by atoms with van der Waals surface area (Å²) in [7, 11) is 1.83. The lowest BCUT2D eigenvalue weighted by Gasteiger charge is -2.07. The van der Waals surface area contributed by atoms with Gasteiger partial charge in [0.25, 0.3) is 5.22 Å². The predicted molar refractivity (Wildman–Crippen MR) is 69.3 cm³/mol. The van der Waals surface area contributed by atoms with E-state index < -0.39 is 0 Å². The summed E-state index contributed by atoms with van der Waals surface area (Å²) in [6.07, 6.45) is 0. The molecule has 1 aromatic carbocycles. The number of halogens is 1. The minimum atomic E-state index is -0.249. The molecule has 5 heteroatoms. The topological polar surface area (TPSA) is 38.1 Å². The number of hydrogen-bond donors (Lipinski definition) is 1. The van der Waals surface area contributed by atoms with Crippen molar-refractivity contribution in [3.8, 4) is 0 Å². The van der Waals surface area contributed by atoms with Crippen LogP contribution in [0, 0.1) is 19.7 Å². The molecule has 0 bridgehead atoms. The number of nitrogens with one attached hydrogen (secondary N) is 1. The maximum atomic E-state index is 13.8. The van der Waals surface area contributed by atoms with Gasteiger partial charge in [-0.15, -0.1) is 0 Å². The first kappa shape index (κ1) is 13.1. The van der Waals surface area contributed by atoms with Crippen molar-refractivity contribution in [2.24, 2.45) is 0 Å².